The smallest absolute Gasteiger partial charge is 0.130 e. The highest BCUT2D eigenvalue weighted by atomic mass is 16.5. The van der Waals surface area contributed by atoms with Gasteiger partial charge in [-0.05, 0) is 24.3 Å². The zero-order valence-electron chi connectivity index (χ0n) is 10.4. The van der Waals surface area contributed by atoms with Crippen molar-refractivity contribution in [3.63, 3.8) is 0 Å². The van der Waals surface area contributed by atoms with Crippen molar-refractivity contribution in [2.24, 2.45) is 0 Å². The molecule has 94 valence electrons. The second-order valence-corrected chi connectivity index (χ2v) is 4.36. The molecule has 0 saturated carbocycles. The molecule has 0 aliphatic heterocycles. The molecule has 2 N–H and O–H groups in total. The molecule has 1 heterocycles. The van der Waals surface area contributed by atoms with Crippen molar-refractivity contribution < 1.29 is 4.74 Å². The minimum Gasteiger partial charge on any atom is -0.487 e. The minimum absolute atomic E-state index is 0.439. The molecule has 2 aromatic carbocycles. The van der Waals surface area contributed by atoms with E-state index in [1.54, 1.807) is 6.07 Å². The van der Waals surface area contributed by atoms with Gasteiger partial charge in [-0.2, -0.15) is 0 Å². The fourth-order valence-corrected chi connectivity index (χ4v) is 1.95. The summed E-state index contributed by atoms with van der Waals surface area (Å²) < 4.78 is 5.68. The van der Waals surface area contributed by atoms with E-state index in [2.05, 4.69) is 11.1 Å². The maximum Gasteiger partial charge on any atom is 0.130 e. The Bertz CT molecular complexity index is 710. The van der Waals surface area contributed by atoms with Crippen LogP contribution in [0.4, 0.5) is 5.69 Å². The van der Waals surface area contributed by atoms with E-state index in [-0.39, 0.29) is 0 Å². The third-order valence-corrected chi connectivity index (χ3v) is 2.90. The number of hydrogen-bond donors (Lipinski definition) is 1. The Hall–Kier alpha value is -2.55. The normalized spacial score (nSPS) is 10.5. The summed E-state index contributed by atoms with van der Waals surface area (Å²) >= 11 is 0. The van der Waals surface area contributed by atoms with Gasteiger partial charge in [-0.15, -0.1) is 0 Å². The van der Waals surface area contributed by atoms with Crippen LogP contribution in [0.5, 0.6) is 5.75 Å². The lowest BCUT2D eigenvalue weighted by molar-refractivity contribution is 0.302. The first-order valence-corrected chi connectivity index (χ1v) is 6.14. The van der Waals surface area contributed by atoms with Gasteiger partial charge in [-0.25, -0.2) is 4.98 Å². The van der Waals surface area contributed by atoms with Crippen molar-refractivity contribution in [2.45, 2.75) is 6.61 Å². The van der Waals surface area contributed by atoms with Gasteiger partial charge in [0.2, 0.25) is 0 Å². The van der Waals surface area contributed by atoms with Crippen molar-refractivity contribution >= 4 is 16.6 Å². The van der Waals surface area contributed by atoms with Crippen LogP contribution in [0, 0.1) is 0 Å². The van der Waals surface area contributed by atoms with Gasteiger partial charge in [0.1, 0.15) is 12.4 Å². The summed E-state index contributed by atoms with van der Waals surface area (Å²) in [4.78, 5) is 4.56. The van der Waals surface area contributed by atoms with Crippen molar-refractivity contribution in [1.82, 2.24) is 4.98 Å². The molecule has 0 aliphatic rings. The Morgan fingerprint density at radius 3 is 2.74 bits per heavy atom. The summed E-state index contributed by atoms with van der Waals surface area (Å²) in [5, 5.41) is 1.13. The Kier molecular flexibility index (Phi) is 3.02. The van der Waals surface area contributed by atoms with Gasteiger partial charge in [-0.3, -0.25) is 0 Å². The highest BCUT2D eigenvalue weighted by Gasteiger charge is 2.00. The molecule has 3 heteroatoms. The maximum atomic E-state index is 5.71. The van der Waals surface area contributed by atoms with Crippen LogP contribution in [-0.2, 0) is 6.61 Å². The number of nitrogen functional groups attached to an aromatic ring is 1. The first-order chi connectivity index (χ1) is 9.31. The summed E-state index contributed by atoms with van der Waals surface area (Å²) in [6.07, 6.45) is 0. The Morgan fingerprint density at radius 1 is 0.947 bits per heavy atom. The summed E-state index contributed by atoms with van der Waals surface area (Å²) in [7, 11) is 0. The van der Waals surface area contributed by atoms with Crippen LogP contribution in [0.3, 0.4) is 0 Å². The number of pyridine rings is 1. The Morgan fingerprint density at radius 2 is 1.84 bits per heavy atom. The summed E-state index contributed by atoms with van der Waals surface area (Å²) in [5.74, 6) is 0.759. The van der Waals surface area contributed by atoms with Gasteiger partial charge in [0.25, 0.3) is 0 Å². The lowest BCUT2D eigenvalue weighted by Gasteiger charge is -2.07. The lowest BCUT2D eigenvalue weighted by Crippen LogP contribution is -1.98. The number of rotatable bonds is 3. The van der Waals surface area contributed by atoms with Crippen molar-refractivity contribution in [2.75, 3.05) is 5.73 Å². The number of aromatic nitrogens is 1. The SMILES string of the molecule is Nc1cccc(OCc2ccc3ccccc3n2)c1. The molecule has 19 heavy (non-hydrogen) atoms. The average molecular weight is 250 g/mol. The number of hydrogen-bond acceptors (Lipinski definition) is 3. The monoisotopic (exact) mass is 250 g/mol. The molecule has 0 bridgehead atoms. The zero-order chi connectivity index (χ0) is 13.1. The second-order valence-electron chi connectivity index (χ2n) is 4.36. The van der Waals surface area contributed by atoms with Crippen molar-refractivity contribution in [1.29, 1.82) is 0 Å². The topological polar surface area (TPSA) is 48.1 Å². The Balaban J connectivity index is 1.78. The van der Waals surface area contributed by atoms with E-state index in [1.165, 1.54) is 0 Å². The van der Waals surface area contributed by atoms with Crippen LogP contribution in [-0.4, -0.2) is 4.98 Å². The third-order valence-electron chi connectivity index (χ3n) is 2.90. The molecular formula is C16H14N2O. The first-order valence-electron chi connectivity index (χ1n) is 6.14. The molecular weight excluding hydrogens is 236 g/mol. The molecule has 3 rings (SSSR count). The number of anilines is 1. The summed E-state index contributed by atoms with van der Waals surface area (Å²) in [6, 6.07) is 19.5. The number of para-hydroxylation sites is 1. The molecule has 0 amide bonds. The number of ether oxygens (including phenoxy) is 1. The average Bonchev–Trinajstić information content (AvgIpc) is 2.45. The van der Waals surface area contributed by atoms with Crippen LogP contribution in [0.15, 0.2) is 60.7 Å². The molecule has 0 spiro atoms. The van der Waals surface area contributed by atoms with Crippen molar-refractivity contribution in [3.8, 4) is 5.75 Å². The van der Waals surface area contributed by atoms with E-state index in [9.17, 15) is 0 Å². The van der Waals surface area contributed by atoms with Gasteiger partial charge in [0, 0.05) is 17.1 Å². The van der Waals surface area contributed by atoms with Gasteiger partial charge in [0.15, 0.2) is 0 Å². The largest absolute Gasteiger partial charge is 0.487 e. The van der Waals surface area contributed by atoms with Crippen LogP contribution >= 0.6 is 0 Å². The molecule has 3 nitrogen and oxygen atoms in total. The van der Waals surface area contributed by atoms with Gasteiger partial charge >= 0.3 is 0 Å². The fraction of sp³-hybridized carbons (Fsp3) is 0.0625. The van der Waals surface area contributed by atoms with E-state index < -0.39 is 0 Å². The molecule has 3 aromatic rings. The van der Waals surface area contributed by atoms with E-state index in [0.717, 1.165) is 22.3 Å². The highest BCUT2D eigenvalue weighted by molar-refractivity contribution is 5.78. The number of benzene rings is 2. The number of fused-ring (bicyclic) bond motifs is 1. The summed E-state index contributed by atoms with van der Waals surface area (Å²) in [5.41, 5.74) is 8.29. The lowest BCUT2D eigenvalue weighted by atomic mass is 10.2. The van der Waals surface area contributed by atoms with Crippen LogP contribution in [0.1, 0.15) is 5.69 Å². The highest BCUT2D eigenvalue weighted by Crippen LogP contribution is 2.17. The van der Waals surface area contributed by atoms with Gasteiger partial charge < -0.3 is 10.5 Å². The predicted molar refractivity (Wildman–Crippen MR) is 76.9 cm³/mol. The molecule has 0 radical (unpaired) electrons. The molecule has 0 fully saturated rings. The van der Waals surface area contributed by atoms with E-state index in [1.807, 2.05) is 48.5 Å². The fourth-order valence-electron chi connectivity index (χ4n) is 1.95. The maximum absolute atomic E-state index is 5.71. The third kappa shape index (κ3) is 2.65. The van der Waals surface area contributed by atoms with Crippen LogP contribution < -0.4 is 10.5 Å². The molecule has 1 aromatic heterocycles. The van der Waals surface area contributed by atoms with E-state index in [0.29, 0.717) is 12.3 Å². The molecule has 0 saturated heterocycles. The van der Waals surface area contributed by atoms with Gasteiger partial charge in [0.05, 0.1) is 11.2 Å². The van der Waals surface area contributed by atoms with Crippen LogP contribution in [0.25, 0.3) is 10.9 Å². The standard InChI is InChI=1S/C16H14N2O/c17-13-5-3-6-15(10-13)19-11-14-9-8-12-4-1-2-7-16(12)18-14/h1-10H,11,17H2. The first kappa shape index (κ1) is 11.5. The van der Waals surface area contributed by atoms with Crippen molar-refractivity contribution in [3.05, 3.63) is 66.4 Å². The second kappa shape index (κ2) is 4.98. The van der Waals surface area contributed by atoms with Crippen LogP contribution in [0.2, 0.25) is 0 Å². The molecule has 0 atom stereocenters. The quantitative estimate of drug-likeness (QED) is 0.725. The Labute approximate surface area is 111 Å². The summed E-state index contributed by atoms with van der Waals surface area (Å²) in [6.45, 7) is 0.439. The number of nitrogens with zero attached hydrogens (tertiary/aromatic N) is 1. The molecule has 0 unspecified atom stereocenters. The number of nitrogens with two attached hydrogens (primary N) is 1. The van der Waals surface area contributed by atoms with Gasteiger partial charge in [-0.1, -0.05) is 30.3 Å². The minimum atomic E-state index is 0.439. The zero-order valence-corrected chi connectivity index (χ0v) is 10.4. The van der Waals surface area contributed by atoms with E-state index >= 15 is 0 Å². The molecule has 0 aliphatic carbocycles. The van der Waals surface area contributed by atoms with E-state index in [4.69, 9.17) is 10.5 Å². The predicted octanol–water partition coefficient (Wildman–Crippen LogP) is 3.40.